The zero-order chi connectivity index (χ0) is 8.55. The first-order valence-electron chi connectivity index (χ1n) is 4.13. The summed E-state index contributed by atoms with van der Waals surface area (Å²) in [4.78, 5) is 11.5. The molecular weight excluding hydrogens is 152 g/mol. The predicted molar refractivity (Wildman–Crippen MR) is 45.5 cm³/mol. The highest BCUT2D eigenvalue weighted by molar-refractivity contribution is 6.04. The first-order chi connectivity index (χ1) is 5.83. The second kappa shape index (κ2) is 2.63. The van der Waals surface area contributed by atoms with E-state index in [1.54, 1.807) is 0 Å². The summed E-state index contributed by atoms with van der Waals surface area (Å²) in [6.45, 7) is 1.95. The Bertz CT molecular complexity index is 317. The lowest BCUT2D eigenvalue weighted by Gasteiger charge is -2.03. The minimum Gasteiger partial charge on any atom is -0.482 e. The highest BCUT2D eigenvalue weighted by Gasteiger charge is 2.29. The molecular formula is C10H10O2. The second-order valence-corrected chi connectivity index (χ2v) is 2.88. The molecule has 0 fully saturated rings. The lowest BCUT2D eigenvalue weighted by Crippen LogP contribution is -2.18. The molecule has 1 atom stereocenters. The molecule has 0 saturated heterocycles. The van der Waals surface area contributed by atoms with Gasteiger partial charge in [-0.05, 0) is 18.6 Å². The zero-order valence-electron chi connectivity index (χ0n) is 6.91. The van der Waals surface area contributed by atoms with Crippen LogP contribution in [0.25, 0.3) is 0 Å². The molecule has 1 aliphatic rings. The molecule has 0 aromatic heterocycles. The molecule has 0 aliphatic carbocycles. The standard InChI is InChI=1S/C10H10O2/c1-2-8-10(11)7-5-3-4-6-9(7)12-8/h3-6,8H,2H2,1H3/t8-/m1/s1. The quantitative estimate of drug-likeness (QED) is 0.631. The number of ether oxygens (including phenoxy) is 1. The van der Waals surface area contributed by atoms with Gasteiger partial charge in [-0.25, -0.2) is 0 Å². The van der Waals surface area contributed by atoms with Gasteiger partial charge in [0, 0.05) is 0 Å². The molecule has 0 saturated carbocycles. The van der Waals surface area contributed by atoms with Gasteiger partial charge in [-0.2, -0.15) is 0 Å². The summed E-state index contributed by atoms with van der Waals surface area (Å²) in [7, 11) is 0. The first-order valence-corrected chi connectivity index (χ1v) is 4.13. The van der Waals surface area contributed by atoms with E-state index in [0.717, 1.165) is 17.7 Å². The van der Waals surface area contributed by atoms with Gasteiger partial charge in [0.2, 0.25) is 5.78 Å². The number of rotatable bonds is 1. The van der Waals surface area contributed by atoms with E-state index in [2.05, 4.69) is 0 Å². The number of hydrogen-bond donors (Lipinski definition) is 0. The number of Topliss-reactive ketones (excluding diaryl/α,β-unsaturated/α-hetero) is 1. The van der Waals surface area contributed by atoms with E-state index < -0.39 is 0 Å². The molecule has 0 bridgehead atoms. The molecule has 1 aromatic carbocycles. The minimum atomic E-state index is -0.248. The lowest BCUT2D eigenvalue weighted by molar-refractivity contribution is 0.0853. The molecule has 1 aromatic rings. The van der Waals surface area contributed by atoms with Crippen LogP contribution in [-0.4, -0.2) is 11.9 Å². The minimum absolute atomic E-state index is 0.119. The number of ketones is 1. The third kappa shape index (κ3) is 0.916. The highest BCUT2D eigenvalue weighted by atomic mass is 16.5. The fourth-order valence-electron chi connectivity index (χ4n) is 1.42. The van der Waals surface area contributed by atoms with Crippen LogP contribution in [0.2, 0.25) is 0 Å². The van der Waals surface area contributed by atoms with E-state index in [9.17, 15) is 4.79 Å². The van der Waals surface area contributed by atoms with Gasteiger partial charge >= 0.3 is 0 Å². The number of fused-ring (bicyclic) bond motifs is 1. The molecule has 1 aliphatic heterocycles. The van der Waals surface area contributed by atoms with Gasteiger partial charge in [0.15, 0.2) is 6.10 Å². The Labute approximate surface area is 71.2 Å². The topological polar surface area (TPSA) is 26.3 Å². The Morgan fingerprint density at radius 3 is 2.83 bits per heavy atom. The van der Waals surface area contributed by atoms with Crippen molar-refractivity contribution in [3.63, 3.8) is 0 Å². The van der Waals surface area contributed by atoms with Crippen LogP contribution >= 0.6 is 0 Å². The summed E-state index contributed by atoms with van der Waals surface area (Å²) < 4.78 is 5.42. The third-order valence-electron chi connectivity index (χ3n) is 2.08. The van der Waals surface area contributed by atoms with Crippen LogP contribution in [0, 0.1) is 0 Å². The Morgan fingerprint density at radius 1 is 1.42 bits per heavy atom. The summed E-state index contributed by atoms with van der Waals surface area (Å²) >= 11 is 0. The molecule has 0 radical (unpaired) electrons. The number of carbonyl (C=O) groups excluding carboxylic acids is 1. The maximum Gasteiger partial charge on any atom is 0.206 e. The van der Waals surface area contributed by atoms with E-state index in [4.69, 9.17) is 4.74 Å². The molecule has 0 amide bonds. The van der Waals surface area contributed by atoms with Crippen LogP contribution in [-0.2, 0) is 0 Å². The van der Waals surface area contributed by atoms with Gasteiger partial charge in [-0.3, -0.25) is 4.79 Å². The van der Waals surface area contributed by atoms with E-state index in [-0.39, 0.29) is 11.9 Å². The summed E-state index contributed by atoms with van der Waals surface area (Å²) in [5, 5.41) is 0. The van der Waals surface area contributed by atoms with Crippen molar-refractivity contribution >= 4 is 5.78 Å². The SMILES string of the molecule is CC[C@H]1Oc2ccccc2C1=O. The summed E-state index contributed by atoms with van der Waals surface area (Å²) in [5.74, 6) is 0.849. The van der Waals surface area contributed by atoms with Crippen molar-refractivity contribution in [2.75, 3.05) is 0 Å². The van der Waals surface area contributed by atoms with Gasteiger partial charge < -0.3 is 4.74 Å². The Kier molecular flexibility index (Phi) is 1.61. The summed E-state index contributed by atoms with van der Waals surface area (Å²) in [6, 6.07) is 7.39. The smallest absolute Gasteiger partial charge is 0.206 e. The van der Waals surface area contributed by atoms with Crippen molar-refractivity contribution in [2.45, 2.75) is 19.4 Å². The molecule has 62 valence electrons. The molecule has 0 spiro atoms. The van der Waals surface area contributed by atoms with Crippen molar-refractivity contribution in [3.8, 4) is 5.75 Å². The maximum absolute atomic E-state index is 11.5. The molecule has 2 nitrogen and oxygen atoms in total. The lowest BCUT2D eigenvalue weighted by atomic mass is 10.1. The average molecular weight is 162 g/mol. The zero-order valence-corrected chi connectivity index (χ0v) is 6.91. The van der Waals surface area contributed by atoms with Crippen molar-refractivity contribution in [1.82, 2.24) is 0 Å². The number of para-hydroxylation sites is 1. The van der Waals surface area contributed by atoms with Crippen LogP contribution in [0.1, 0.15) is 23.7 Å². The number of carbonyl (C=O) groups is 1. The van der Waals surface area contributed by atoms with E-state index in [0.29, 0.717) is 0 Å². The van der Waals surface area contributed by atoms with Gasteiger partial charge in [0.05, 0.1) is 5.56 Å². The molecule has 0 N–H and O–H groups in total. The fourth-order valence-corrected chi connectivity index (χ4v) is 1.42. The fraction of sp³-hybridized carbons (Fsp3) is 0.300. The first kappa shape index (κ1) is 7.35. The largest absolute Gasteiger partial charge is 0.482 e. The number of hydrogen-bond acceptors (Lipinski definition) is 2. The normalized spacial score (nSPS) is 20.4. The Morgan fingerprint density at radius 2 is 2.17 bits per heavy atom. The summed E-state index contributed by atoms with van der Waals surface area (Å²) in [5.41, 5.74) is 0.726. The monoisotopic (exact) mass is 162 g/mol. The van der Waals surface area contributed by atoms with Gasteiger partial charge in [0.25, 0.3) is 0 Å². The highest BCUT2D eigenvalue weighted by Crippen LogP contribution is 2.28. The van der Waals surface area contributed by atoms with Crippen LogP contribution in [0.4, 0.5) is 0 Å². The van der Waals surface area contributed by atoms with E-state index >= 15 is 0 Å². The van der Waals surface area contributed by atoms with Crippen molar-refractivity contribution in [3.05, 3.63) is 29.8 Å². The van der Waals surface area contributed by atoms with E-state index in [1.807, 2.05) is 31.2 Å². The molecule has 2 rings (SSSR count). The molecule has 1 heterocycles. The van der Waals surface area contributed by atoms with Crippen LogP contribution < -0.4 is 4.74 Å². The molecule has 2 heteroatoms. The van der Waals surface area contributed by atoms with Crippen LogP contribution in [0.5, 0.6) is 5.75 Å². The van der Waals surface area contributed by atoms with Gasteiger partial charge in [-0.1, -0.05) is 19.1 Å². The average Bonchev–Trinajstić information content (AvgIpc) is 2.44. The van der Waals surface area contributed by atoms with Crippen molar-refractivity contribution in [2.24, 2.45) is 0 Å². The van der Waals surface area contributed by atoms with Crippen molar-refractivity contribution in [1.29, 1.82) is 0 Å². The third-order valence-corrected chi connectivity index (χ3v) is 2.08. The molecule has 0 unspecified atom stereocenters. The number of benzene rings is 1. The molecule has 12 heavy (non-hydrogen) atoms. The second-order valence-electron chi connectivity index (χ2n) is 2.88. The maximum atomic E-state index is 11.5. The Hall–Kier alpha value is -1.31. The Balaban J connectivity index is 2.42. The van der Waals surface area contributed by atoms with Crippen LogP contribution in [0.15, 0.2) is 24.3 Å². The van der Waals surface area contributed by atoms with Gasteiger partial charge in [-0.15, -0.1) is 0 Å². The van der Waals surface area contributed by atoms with E-state index in [1.165, 1.54) is 0 Å². The van der Waals surface area contributed by atoms with Gasteiger partial charge in [0.1, 0.15) is 5.75 Å². The van der Waals surface area contributed by atoms with Crippen LogP contribution in [0.3, 0.4) is 0 Å². The van der Waals surface area contributed by atoms with Crippen molar-refractivity contribution < 1.29 is 9.53 Å². The summed E-state index contributed by atoms with van der Waals surface area (Å²) in [6.07, 6.45) is 0.496. The predicted octanol–water partition coefficient (Wildman–Crippen LogP) is 2.04.